The number of hydrogen-bond acceptors (Lipinski definition) is 2. The van der Waals surface area contributed by atoms with E-state index >= 15 is 0 Å². The van der Waals surface area contributed by atoms with Crippen LogP contribution in [-0.2, 0) is 11.2 Å². The Morgan fingerprint density at radius 2 is 1.89 bits per heavy atom. The minimum Gasteiger partial charge on any atom is -0.481 e. The molecule has 2 aromatic rings. The lowest BCUT2D eigenvalue weighted by Crippen LogP contribution is -2.00. The highest BCUT2D eigenvalue weighted by molar-refractivity contribution is 5.70. The summed E-state index contributed by atoms with van der Waals surface area (Å²) in [6.07, 6.45) is 5.48. The van der Waals surface area contributed by atoms with Gasteiger partial charge in [-0.3, -0.25) is 9.78 Å². The molecule has 3 nitrogen and oxygen atoms in total. The van der Waals surface area contributed by atoms with Gasteiger partial charge in [-0.05, 0) is 23.3 Å². The fourth-order valence-corrected chi connectivity index (χ4v) is 1.56. The van der Waals surface area contributed by atoms with Crippen molar-refractivity contribution in [1.29, 1.82) is 0 Å². The topological polar surface area (TPSA) is 50.2 Å². The van der Waals surface area contributed by atoms with Crippen LogP contribution < -0.4 is 0 Å². The molecule has 1 heterocycles. The third-order valence-corrected chi connectivity index (χ3v) is 2.45. The van der Waals surface area contributed by atoms with Gasteiger partial charge in [-0.15, -0.1) is 0 Å². The summed E-state index contributed by atoms with van der Waals surface area (Å²) in [4.78, 5) is 14.7. The third-order valence-electron chi connectivity index (χ3n) is 2.45. The van der Waals surface area contributed by atoms with Crippen LogP contribution in [0.1, 0.15) is 16.8 Å². The maximum atomic E-state index is 10.5. The molecular weight excluding hydrogens is 226 g/mol. The molecule has 1 N–H and O–H groups in total. The van der Waals surface area contributed by atoms with Gasteiger partial charge in [0, 0.05) is 6.20 Å². The second-order valence-corrected chi connectivity index (χ2v) is 3.91. The van der Waals surface area contributed by atoms with Gasteiger partial charge in [-0.25, -0.2) is 0 Å². The van der Waals surface area contributed by atoms with Crippen LogP contribution in [0.15, 0.2) is 48.7 Å². The first-order valence-corrected chi connectivity index (χ1v) is 5.64. The standard InChI is InChI=1S/C15H13NO2/c17-15(18)10-13-7-9-14(16-11-13)8-6-12-4-2-1-3-5-12/h1-9,11H,10H2,(H,17,18)/b8-6+. The number of nitrogens with zero attached hydrogens (tertiary/aromatic N) is 1. The summed E-state index contributed by atoms with van der Waals surface area (Å²) in [5, 5.41) is 8.65. The Balaban J connectivity index is 2.06. The Bertz CT molecular complexity index is 544. The molecule has 0 saturated carbocycles. The number of pyridine rings is 1. The highest BCUT2D eigenvalue weighted by atomic mass is 16.4. The second kappa shape index (κ2) is 5.77. The van der Waals surface area contributed by atoms with E-state index in [4.69, 9.17) is 5.11 Å². The third kappa shape index (κ3) is 3.56. The number of carbonyl (C=O) groups is 1. The summed E-state index contributed by atoms with van der Waals surface area (Å²) in [5.74, 6) is -0.843. The van der Waals surface area contributed by atoms with Gasteiger partial charge in [-0.1, -0.05) is 42.5 Å². The molecule has 0 unspecified atom stereocenters. The highest BCUT2D eigenvalue weighted by Crippen LogP contribution is 2.07. The quantitative estimate of drug-likeness (QED) is 0.892. The zero-order valence-corrected chi connectivity index (χ0v) is 9.78. The van der Waals surface area contributed by atoms with Gasteiger partial charge in [0.1, 0.15) is 0 Å². The van der Waals surface area contributed by atoms with Crippen LogP contribution in [0.4, 0.5) is 0 Å². The molecule has 0 amide bonds. The molecule has 0 spiro atoms. The van der Waals surface area contributed by atoms with E-state index in [1.165, 1.54) is 0 Å². The molecule has 0 atom stereocenters. The van der Waals surface area contributed by atoms with Gasteiger partial charge >= 0.3 is 5.97 Å². The molecule has 0 aliphatic rings. The van der Waals surface area contributed by atoms with Crippen LogP contribution in [0.3, 0.4) is 0 Å². The van der Waals surface area contributed by atoms with Crippen LogP contribution >= 0.6 is 0 Å². The van der Waals surface area contributed by atoms with Crippen molar-refractivity contribution in [3.8, 4) is 0 Å². The molecule has 3 heteroatoms. The van der Waals surface area contributed by atoms with E-state index in [-0.39, 0.29) is 6.42 Å². The zero-order chi connectivity index (χ0) is 12.8. The smallest absolute Gasteiger partial charge is 0.307 e. The van der Waals surface area contributed by atoms with E-state index in [9.17, 15) is 4.79 Å². The average Bonchev–Trinajstić information content (AvgIpc) is 2.38. The molecule has 0 fully saturated rings. The summed E-state index contributed by atoms with van der Waals surface area (Å²) in [5.41, 5.74) is 2.63. The Morgan fingerprint density at radius 3 is 2.50 bits per heavy atom. The SMILES string of the molecule is O=C(O)Cc1ccc(/C=C/c2ccccc2)nc1. The number of hydrogen-bond donors (Lipinski definition) is 1. The molecule has 1 aromatic heterocycles. The van der Waals surface area contributed by atoms with Crippen molar-refractivity contribution in [2.75, 3.05) is 0 Å². The van der Waals surface area contributed by atoms with Gasteiger partial charge in [0.25, 0.3) is 0 Å². The summed E-state index contributed by atoms with van der Waals surface area (Å²) in [6.45, 7) is 0. The molecule has 1 aromatic carbocycles. The van der Waals surface area contributed by atoms with Gasteiger partial charge in [-0.2, -0.15) is 0 Å². The number of benzene rings is 1. The average molecular weight is 239 g/mol. The Hall–Kier alpha value is -2.42. The van der Waals surface area contributed by atoms with Crippen LogP contribution in [0.5, 0.6) is 0 Å². The lowest BCUT2D eigenvalue weighted by molar-refractivity contribution is -0.136. The largest absolute Gasteiger partial charge is 0.481 e. The molecular formula is C15H13NO2. The van der Waals surface area contributed by atoms with Crippen molar-refractivity contribution in [1.82, 2.24) is 4.98 Å². The maximum Gasteiger partial charge on any atom is 0.307 e. The number of aromatic nitrogens is 1. The zero-order valence-electron chi connectivity index (χ0n) is 9.78. The van der Waals surface area contributed by atoms with E-state index < -0.39 is 5.97 Å². The van der Waals surface area contributed by atoms with Crippen LogP contribution in [-0.4, -0.2) is 16.1 Å². The Labute approximate surface area is 105 Å². The summed E-state index contributed by atoms with van der Waals surface area (Å²) in [6, 6.07) is 13.5. The van der Waals surface area contributed by atoms with Crippen molar-refractivity contribution < 1.29 is 9.90 Å². The Morgan fingerprint density at radius 1 is 1.11 bits per heavy atom. The molecule has 2 rings (SSSR count). The maximum absolute atomic E-state index is 10.5. The summed E-state index contributed by atoms with van der Waals surface area (Å²) >= 11 is 0. The number of carboxylic acid groups (broad SMARTS) is 1. The molecule has 0 bridgehead atoms. The Kier molecular flexibility index (Phi) is 3.86. The predicted molar refractivity (Wildman–Crippen MR) is 70.9 cm³/mol. The normalized spacial score (nSPS) is 10.7. The van der Waals surface area contributed by atoms with E-state index in [1.807, 2.05) is 48.6 Å². The van der Waals surface area contributed by atoms with Crippen LogP contribution in [0.2, 0.25) is 0 Å². The monoisotopic (exact) mass is 239 g/mol. The van der Waals surface area contributed by atoms with Gasteiger partial charge < -0.3 is 5.11 Å². The number of aliphatic carboxylic acids is 1. The lowest BCUT2D eigenvalue weighted by atomic mass is 10.1. The molecule has 90 valence electrons. The highest BCUT2D eigenvalue weighted by Gasteiger charge is 1.99. The number of carboxylic acids is 1. The van der Waals surface area contributed by atoms with Crippen molar-refractivity contribution in [2.45, 2.75) is 6.42 Å². The second-order valence-electron chi connectivity index (χ2n) is 3.91. The minimum absolute atomic E-state index is 0.00960. The molecule has 0 radical (unpaired) electrons. The minimum atomic E-state index is -0.843. The molecule has 0 saturated heterocycles. The van der Waals surface area contributed by atoms with Gasteiger partial charge in [0.2, 0.25) is 0 Å². The van der Waals surface area contributed by atoms with E-state index in [0.717, 1.165) is 11.3 Å². The van der Waals surface area contributed by atoms with Gasteiger partial charge in [0.15, 0.2) is 0 Å². The predicted octanol–water partition coefficient (Wildman–Crippen LogP) is 2.88. The number of rotatable bonds is 4. The molecule has 0 aliphatic heterocycles. The van der Waals surface area contributed by atoms with Crippen LogP contribution in [0, 0.1) is 0 Å². The molecule has 18 heavy (non-hydrogen) atoms. The van der Waals surface area contributed by atoms with E-state index in [0.29, 0.717) is 5.56 Å². The van der Waals surface area contributed by atoms with Crippen molar-refractivity contribution in [3.63, 3.8) is 0 Å². The first kappa shape index (κ1) is 12.0. The van der Waals surface area contributed by atoms with Crippen molar-refractivity contribution in [2.24, 2.45) is 0 Å². The van der Waals surface area contributed by atoms with Crippen LogP contribution in [0.25, 0.3) is 12.2 Å². The first-order valence-electron chi connectivity index (χ1n) is 5.64. The first-order chi connectivity index (χ1) is 8.74. The van der Waals surface area contributed by atoms with Gasteiger partial charge in [0.05, 0.1) is 12.1 Å². The molecule has 0 aliphatic carbocycles. The van der Waals surface area contributed by atoms with Crippen molar-refractivity contribution >= 4 is 18.1 Å². The van der Waals surface area contributed by atoms with E-state index in [1.54, 1.807) is 12.3 Å². The summed E-state index contributed by atoms with van der Waals surface area (Å²) in [7, 11) is 0. The fourth-order valence-electron chi connectivity index (χ4n) is 1.56. The van der Waals surface area contributed by atoms with Crippen molar-refractivity contribution in [3.05, 3.63) is 65.5 Å². The lowest BCUT2D eigenvalue weighted by Gasteiger charge is -1.97. The summed E-state index contributed by atoms with van der Waals surface area (Å²) < 4.78 is 0. The fraction of sp³-hybridized carbons (Fsp3) is 0.0667. The van der Waals surface area contributed by atoms with E-state index in [2.05, 4.69) is 4.98 Å².